The molecule has 122 valence electrons. The lowest BCUT2D eigenvalue weighted by atomic mass is 10.0. The Morgan fingerprint density at radius 1 is 0.833 bits per heavy atom. The van der Waals surface area contributed by atoms with Gasteiger partial charge in [0.05, 0.1) is 12.4 Å². The molecule has 0 bridgehead atoms. The summed E-state index contributed by atoms with van der Waals surface area (Å²) in [6.07, 6.45) is 0. The lowest BCUT2D eigenvalue weighted by Crippen LogP contribution is -2.42. The van der Waals surface area contributed by atoms with Gasteiger partial charge in [-0.25, -0.2) is 0 Å². The molecule has 0 unspecified atom stereocenters. The van der Waals surface area contributed by atoms with Crippen molar-refractivity contribution in [3.8, 4) is 0 Å². The van der Waals surface area contributed by atoms with Crippen molar-refractivity contribution < 1.29 is 0 Å². The second kappa shape index (κ2) is 5.55. The summed E-state index contributed by atoms with van der Waals surface area (Å²) in [6.45, 7) is 9.78. The number of hydrogen-bond acceptors (Lipinski definition) is 2. The first kappa shape index (κ1) is 15.1. The Kier molecular flexibility index (Phi) is 3.49. The number of aryl methyl sites for hydroxylation is 2. The summed E-state index contributed by atoms with van der Waals surface area (Å²) in [4.78, 5) is 4.95. The Morgan fingerprint density at radius 2 is 1.46 bits per heavy atom. The Morgan fingerprint density at radius 3 is 2.08 bits per heavy atom. The predicted octanol–water partition coefficient (Wildman–Crippen LogP) is 5.78. The summed E-state index contributed by atoms with van der Waals surface area (Å²) in [6, 6.07) is 20.5. The van der Waals surface area contributed by atoms with E-state index >= 15 is 0 Å². The van der Waals surface area contributed by atoms with Crippen LogP contribution in [0.1, 0.15) is 25.0 Å². The van der Waals surface area contributed by atoms with Crippen LogP contribution in [0.15, 0.2) is 54.6 Å². The third-order valence-electron chi connectivity index (χ3n) is 4.90. The molecule has 0 radical (unpaired) electrons. The molecule has 0 saturated heterocycles. The molecular formula is C22H24N2. The van der Waals surface area contributed by atoms with Gasteiger partial charge < -0.3 is 9.80 Å². The minimum absolute atomic E-state index is 0.456. The van der Waals surface area contributed by atoms with E-state index in [0.29, 0.717) is 6.04 Å². The number of hydrogen-bond donors (Lipinski definition) is 0. The van der Waals surface area contributed by atoms with E-state index in [-0.39, 0.29) is 0 Å². The molecule has 0 saturated carbocycles. The van der Waals surface area contributed by atoms with Gasteiger partial charge >= 0.3 is 0 Å². The minimum atomic E-state index is 0.456. The molecule has 4 rings (SSSR count). The molecule has 1 heterocycles. The molecule has 2 heteroatoms. The molecule has 3 aromatic carbocycles. The predicted molar refractivity (Wildman–Crippen MR) is 104 cm³/mol. The number of benzene rings is 3. The van der Waals surface area contributed by atoms with Crippen LogP contribution in [-0.2, 0) is 0 Å². The molecule has 0 atom stereocenters. The zero-order valence-corrected chi connectivity index (χ0v) is 14.9. The van der Waals surface area contributed by atoms with Crippen molar-refractivity contribution in [1.82, 2.24) is 0 Å². The topological polar surface area (TPSA) is 6.48 Å². The molecule has 0 N–H and O–H groups in total. The maximum atomic E-state index is 2.49. The van der Waals surface area contributed by atoms with E-state index in [0.717, 1.165) is 6.67 Å². The molecular weight excluding hydrogens is 292 g/mol. The molecule has 0 fully saturated rings. The van der Waals surface area contributed by atoms with E-state index < -0.39 is 0 Å². The maximum absolute atomic E-state index is 2.49. The van der Waals surface area contributed by atoms with Crippen LogP contribution in [0.25, 0.3) is 10.8 Å². The van der Waals surface area contributed by atoms with Crippen molar-refractivity contribution in [2.75, 3.05) is 16.5 Å². The molecule has 1 aliphatic rings. The monoisotopic (exact) mass is 316 g/mol. The van der Waals surface area contributed by atoms with Crippen molar-refractivity contribution >= 4 is 27.8 Å². The van der Waals surface area contributed by atoms with Gasteiger partial charge in [0.2, 0.25) is 0 Å². The van der Waals surface area contributed by atoms with Gasteiger partial charge in [-0.1, -0.05) is 30.3 Å². The minimum Gasteiger partial charge on any atom is -0.350 e. The lowest BCUT2D eigenvalue weighted by molar-refractivity contribution is 0.680. The van der Waals surface area contributed by atoms with Gasteiger partial charge in [-0.15, -0.1) is 0 Å². The zero-order valence-electron chi connectivity index (χ0n) is 14.9. The van der Waals surface area contributed by atoms with E-state index in [4.69, 9.17) is 0 Å². The summed E-state index contributed by atoms with van der Waals surface area (Å²) in [5, 5.41) is 2.67. The fourth-order valence-corrected chi connectivity index (χ4v) is 3.84. The summed E-state index contributed by atoms with van der Waals surface area (Å²) < 4.78 is 0. The SMILES string of the molecule is Cc1cc(C)cc(N2CN(C(C)C)c3cccc4cccc2c34)c1. The van der Waals surface area contributed by atoms with Crippen molar-refractivity contribution in [3.05, 3.63) is 65.7 Å². The summed E-state index contributed by atoms with van der Waals surface area (Å²) >= 11 is 0. The van der Waals surface area contributed by atoms with Gasteiger partial charge in [-0.2, -0.15) is 0 Å². The van der Waals surface area contributed by atoms with Crippen molar-refractivity contribution in [2.45, 2.75) is 33.7 Å². The van der Waals surface area contributed by atoms with Crippen LogP contribution in [0.4, 0.5) is 17.1 Å². The van der Waals surface area contributed by atoms with Crippen LogP contribution in [0.3, 0.4) is 0 Å². The summed E-state index contributed by atoms with van der Waals surface area (Å²) in [7, 11) is 0. The highest BCUT2D eigenvalue weighted by atomic mass is 15.3. The normalized spacial score (nSPS) is 13.9. The third-order valence-corrected chi connectivity index (χ3v) is 4.90. The Bertz CT molecular complexity index is 885. The van der Waals surface area contributed by atoms with Crippen LogP contribution in [-0.4, -0.2) is 12.7 Å². The smallest absolute Gasteiger partial charge is 0.0954 e. The first-order valence-electron chi connectivity index (χ1n) is 8.69. The van der Waals surface area contributed by atoms with Crippen molar-refractivity contribution in [3.63, 3.8) is 0 Å². The van der Waals surface area contributed by atoms with Gasteiger partial charge in [0, 0.05) is 22.8 Å². The highest BCUT2D eigenvalue weighted by Crippen LogP contribution is 2.43. The molecule has 0 aromatic heterocycles. The molecule has 24 heavy (non-hydrogen) atoms. The van der Waals surface area contributed by atoms with Gasteiger partial charge in [-0.3, -0.25) is 0 Å². The maximum Gasteiger partial charge on any atom is 0.0954 e. The molecule has 1 aliphatic heterocycles. The molecule has 0 aliphatic carbocycles. The first-order chi connectivity index (χ1) is 11.5. The van der Waals surface area contributed by atoms with E-state index in [1.165, 1.54) is 39.0 Å². The van der Waals surface area contributed by atoms with Crippen molar-refractivity contribution in [1.29, 1.82) is 0 Å². The number of rotatable bonds is 2. The average Bonchev–Trinajstić information content (AvgIpc) is 2.54. The Labute approximate surface area is 144 Å². The van der Waals surface area contributed by atoms with Gasteiger partial charge in [0.1, 0.15) is 0 Å². The van der Waals surface area contributed by atoms with Crippen LogP contribution < -0.4 is 9.80 Å². The van der Waals surface area contributed by atoms with E-state index in [2.05, 4.69) is 92.1 Å². The quantitative estimate of drug-likeness (QED) is 0.591. The highest BCUT2D eigenvalue weighted by Gasteiger charge is 2.26. The lowest BCUT2D eigenvalue weighted by Gasteiger charge is -2.41. The van der Waals surface area contributed by atoms with E-state index in [1.807, 2.05) is 0 Å². The fourth-order valence-electron chi connectivity index (χ4n) is 3.84. The highest BCUT2D eigenvalue weighted by molar-refractivity contribution is 6.06. The number of nitrogens with zero attached hydrogens (tertiary/aromatic N) is 2. The van der Waals surface area contributed by atoms with Crippen molar-refractivity contribution in [2.24, 2.45) is 0 Å². The first-order valence-corrected chi connectivity index (χ1v) is 8.69. The standard InChI is InChI=1S/C22H24N2/c1-15(2)23-14-24(19-12-16(3)11-17(4)13-19)21-10-6-8-18-7-5-9-20(23)22(18)21/h5-13,15H,14H2,1-4H3. The molecule has 3 aromatic rings. The second-order valence-corrected chi connectivity index (χ2v) is 7.13. The molecule has 0 amide bonds. The summed E-state index contributed by atoms with van der Waals surface area (Å²) in [5.41, 5.74) is 6.56. The van der Waals surface area contributed by atoms with Crippen LogP contribution >= 0.6 is 0 Å². The summed E-state index contributed by atoms with van der Waals surface area (Å²) in [5.74, 6) is 0. The van der Waals surface area contributed by atoms with Gasteiger partial charge in [-0.05, 0) is 68.5 Å². The van der Waals surface area contributed by atoms with Crippen LogP contribution in [0, 0.1) is 13.8 Å². The van der Waals surface area contributed by atoms with Gasteiger partial charge in [0.15, 0.2) is 0 Å². The second-order valence-electron chi connectivity index (χ2n) is 7.13. The van der Waals surface area contributed by atoms with Crippen LogP contribution in [0.2, 0.25) is 0 Å². The average molecular weight is 316 g/mol. The molecule has 0 spiro atoms. The Balaban J connectivity index is 1.99. The van der Waals surface area contributed by atoms with E-state index in [9.17, 15) is 0 Å². The third kappa shape index (κ3) is 2.34. The Hall–Kier alpha value is -2.48. The largest absolute Gasteiger partial charge is 0.350 e. The zero-order chi connectivity index (χ0) is 16.8. The molecule has 2 nitrogen and oxygen atoms in total. The van der Waals surface area contributed by atoms with Crippen LogP contribution in [0.5, 0.6) is 0 Å². The van der Waals surface area contributed by atoms with E-state index in [1.54, 1.807) is 0 Å². The van der Waals surface area contributed by atoms with Gasteiger partial charge in [0.25, 0.3) is 0 Å². The number of anilines is 3. The fraction of sp³-hybridized carbons (Fsp3) is 0.273.